The van der Waals surface area contributed by atoms with Gasteiger partial charge >= 0.3 is 0 Å². The first-order valence-electron chi connectivity index (χ1n) is 8.88. The van der Waals surface area contributed by atoms with Gasteiger partial charge in [-0.15, -0.1) is 0 Å². The van der Waals surface area contributed by atoms with Crippen LogP contribution in [0, 0.1) is 0 Å². The summed E-state index contributed by atoms with van der Waals surface area (Å²) in [5.41, 5.74) is 3.23. The van der Waals surface area contributed by atoms with E-state index in [9.17, 15) is 4.79 Å². The maximum atomic E-state index is 12.4. The number of anilines is 1. The number of hydrogen-bond acceptors (Lipinski definition) is 4. The van der Waals surface area contributed by atoms with E-state index in [0.29, 0.717) is 22.9 Å². The van der Waals surface area contributed by atoms with Crippen LogP contribution < -0.4 is 10.6 Å². The van der Waals surface area contributed by atoms with Crippen molar-refractivity contribution in [2.45, 2.75) is 13.0 Å². The molecule has 0 aliphatic heterocycles. The van der Waals surface area contributed by atoms with Gasteiger partial charge in [0, 0.05) is 25.1 Å². The molecule has 28 heavy (non-hydrogen) atoms. The minimum absolute atomic E-state index is 0.0208. The molecule has 0 aliphatic rings. The van der Waals surface area contributed by atoms with Crippen LogP contribution >= 0.6 is 11.6 Å². The van der Waals surface area contributed by atoms with Crippen molar-refractivity contribution >= 4 is 28.9 Å². The van der Waals surface area contributed by atoms with Crippen molar-refractivity contribution in [1.82, 2.24) is 15.3 Å². The van der Waals surface area contributed by atoms with Crippen molar-refractivity contribution < 1.29 is 4.79 Å². The SMILES string of the molecule is C=C(CNC(=O)c1cnc(NC(C)c2cccnc2)c(Cl)c1)c1ccccc1. The van der Waals surface area contributed by atoms with Gasteiger partial charge in [0.2, 0.25) is 0 Å². The molecule has 3 aromatic rings. The summed E-state index contributed by atoms with van der Waals surface area (Å²) in [7, 11) is 0. The predicted molar refractivity (Wildman–Crippen MR) is 113 cm³/mol. The fraction of sp³-hybridized carbons (Fsp3) is 0.136. The predicted octanol–water partition coefficient (Wildman–Crippen LogP) is 4.75. The zero-order valence-electron chi connectivity index (χ0n) is 15.5. The molecule has 6 heteroatoms. The molecule has 1 unspecified atom stereocenters. The van der Waals surface area contributed by atoms with Crippen LogP contribution in [0.1, 0.15) is 34.5 Å². The molecule has 0 aliphatic carbocycles. The van der Waals surface area contributed by atoms with E-state index in [4.69, 9.17) is 11.6 Å². The van der Waals surface area contributed by atoms with Gasteiger partial charge in [-0.2, -0.15) is 0 Å². The van der Waals surface area contributed by atoms with Gasteiger partial charge in [0.15, 0.2) is 0 Å². The van der Waals surface area contributed by atoms with Crippen molar-refractivity contribution in [2.75, 3.05) is 11.9 Å². The molecule has 1 amide bonds. The van der Waals surface area contributed by atoms with E-state index in [1.165, 1.54) is 6.20 Å². The molecule has 1 aromatic carbocycles. The maximum Gasteiger partial charge on any atom is 0.253 e. The van der Waals surface area contributed by atoms with Gasteiger partial charge in [-0.25, -0.2) is 4.98 Å². The summed E-state index contributed by atoms with van der Waals surface area (Å²) >= 11 is 6.33. The van der Waals surface area contributed by atoms with Gasteiger partial charge in [-0.3, -0.25) is 9.78 Å². The Morgan fingerprint density at radius 1 is 1.14 bits per heavy atom. The van der Waals surface area contributed by atoms with Crippen molar-refractivity contribution in [3.8, 4) is 0 Å². The number of halogens is 1. The summed E-state index contributed by atoms with van der Waals surface area (Å²) in [4.78, 5) is 20.8. The summed E-state index contributed by atoms with van der Waals surface area (Å²) in [6.07, 6.45) is 5.01. The molecule has 3 rings (SSSR count). The smallest absolute Gasteiger partial charge is 0.253 e. The highest BCUT2D eigenvalue weighted by atomic mass is 35.5. The average molecular weight is 393 g/mol. The normalized spacial score (nSPS) is 11.5. The van der Waals surface area contributed by atoms with Crippen LogP contribution in [0.25, 0.3) is 5.57 Å². The Labute approximate surface area is 169 Å². The van der Waals surface area contributed by atoms with Crippen molar-refractivity contribution in [1.29, 1.82) is 0 Å². The number of amides is 1. The first kappa shape index (κ1) is 19.6. The van der Waals surface area contributed by atoms with Gasteiger partial charge < -0.3 is 10.6 Å². The largest absolute Gasteiger partial charge is 0.362 e. The van der Waals surface area contributed by atoms with Crippen LogP contribution in [0.5, 0.6) is 0 Å². The standard InChI is InChI=1S/C22H21ClN4O/c1-15(17-7-4-3-5-8-17)12-26-22(28)19-11-20(23)21(25-14-19)27-16(2)18-9-6-10-24-13-18/h3-11,13-14,16H,1,12H2,2H3,(H,25,27)(H,26,28). The van der Waals surface area contributed by atoms with Gasteiger partial charge in [-0.1, -0.05) is 54.6 Å². The second-order valence-corrected chi connectivity index (χ2v) is 6.77. The molecule has 0 spiro atoms. The Morgan fingerprint density at radius 2 is 1.93 bits per heavy atom. The molecule has 0 saturated heterocycles. The molecule has 2 aromatic heterocycles. The Bertz CT molecular complexity index is 961. The van der Waals surface area contributed by atoms with E-state index in [2.05, 4.69) is 27.2 Å². The highest BCUT2D eigenvalue weighted by molar-refractivity contribution is 6.33. The second-order valence-electron chi connectivity index (χ2n) is 6.36. The van der Waals surface area contributed by atoms with E-state index in [1.54, 1.807) is 18.5 Å². The summed E-state index contributed by atoms with van der Waals surface area (Å²) in [5.74, 6) is 0.265. The third kappa shape index (κ3) is 4.96. The van der Waals surface area contributed by atoms with Gasteiger partial charge in [-0.05, 0) is 35.8 Å². The Balaban J connectivity index is 1.61. The van der Waals surface area contributed by atoms with Crippen LogP contribution in [0.15, 0.2) is 73.7 Å². The maximum absolute atomic E-state index is 12.4. The minimum Gasteiger partial charge on any atom is -0.362 e. The molecular formula is C22H21ClN4O. The second kappa shape index (κ2) is 9.15. The molecule has 2 N–H and O–H groups in total. The summed E-state index contributed by atoms with van der Waals surface area (Å²) in [6, 6.07) is 15.1. The highest BCUT2D eigenvalue weighted by Gasteiger charge is 2.13. The van der Waals surface area contributed by atoms with E-state index in [-0.39, 0.29) is 11.9 Å². The third-order valence-electron chi connectivity index (χ3n) is 4.29. The number of rotatable bonds is 7. The van der Waals surface area contributed by atoms with Crippen molar-refractivity contribution in [3.63, 3.8) is 0 Å². The summed E-state index contributed by atoms with van der Waals surface area (Å²) < 4.78 is 0. The molecule has 2 heterocycles. The summed E-state index contributed by atoms with van der Waals surface area (Å²) in [6.45, 7) is 6.35. The van der Waals surface area contributed by atoms with E-state index in [0.717, 1.165) is 16.7 Å². The topological polar surface area (TPSA) is 66.9 Å². The molecular weight excluding hydrogens is 372 g/mol. The first-order chi connectivity index (χ1) is 13.5. The number of aromatic nitrogens is 2. The lowest BCUT2D eigenvalue weighted by Gasteiger charge is -2.16. The number of pyridine rings is 2. The van der Waals surface area contributed by atoms with Gasteiger partial charge in [0.25, 0.3) is 5.91 Å². The molecule has 5 nitrogen and oxygen atoms in total. The fourth-order valence-corrected chi connectivity index (χ4v) is 2.87. The molecule has 0 fully saturated rings. The lowest BCUT2D eigenvalue weighted by atomic mass is 10.1. The van der Waals surface area contributed by atoms with Gasteiger partial charge in [0.05, 0.1) is 16.6 Å². The molecule has 0 radical (unpaired) electrons. The number of benzene rings is 1. The number of carbonyl (C=O) groups is 1. The number of hydrogen-bond donors (Lipinski definition) is 2. The van der Waals surface area contributed by atoms with Crippen LogP contribution in [0.3, 0.4) is 0 Å². The van der Waals surface area contributed by atoms with E-state index in [1.807, 2.05) is 49.4 Å². The fourth-order valence-electron chi connectivity index (χ4n) is 2.65. The lowest BCUT2D eigenvalue weighted by Crippen LogP contribution is -2.25. The number of carbonyl (C=O) groups excluding carboxylic acids is 1. The zero-order valence-corrected chi connectivity index (χ0v) is 16.3. The van der Waals surface area contributed by atoms with Crippen LogP contribution in [-0.4, -0.2) is 22.4 Å². The molecule has 142 valence electrons. The molecule has 0 bridgehead atoms. The molecule has 0 saturated carbocycles. The highest BCUT2D eigenvalue weighted by Crippen LogP contribution is 2.24. The van der Waals surface area contributed by atoms with Gasteiger partial charge in [0.1, 0.15) is 5.82 Å². The average Bonchev–Trinajstić information content (AvgIpc) is 2.74. The Hall–Kier alpha value is -3.18. The van der Waals surface area contributed by atoms with E-state index >= 15 is 0 Å². The first-order valence-corrected chi connectivity index (χ1v) is 9.26. The quantitative estimate of drug-likeness (QED) is 0.609. The Kier molecular flexibility index (Phi) is 6.40. The monoisotopic (exact) mass is 392 g/mol. The van der Waals surface area contributed by atoms with Crippen molar-refractivity contribution in [3.05, 3.63) is 95.4 Å². The molecule has 1 atom stereocenters. The van der Waals surface area contributed by atoms with Crippen LogP contribution in [0.2, 0.25) is 5.02 Å². The van der Waals surface area contributed by atoms with Crippen molar-refractivity contribution in [2.24, 2.45) is 0 Å². The van der Waals surface area contributed by atoms with Crippen LogP contribution in [0.4, 0.5) is 5.82 Å². The Morgan fingerprint density at radius 3 is 2.61 bits per heavy atom. The van der Waals surface area contributed by atoms with E-state index < -0.39 is 0 Å². The minimum atomic E-state index is -0.252. The number of nitrogens with one attached hydrogen (secondary N) is 2. The van der Waals surface area contributed by atoms with Crippen LogP contribution in [-0.2, 0) is 0 Å². The summed E-state index contributed by atoms with van der Waals surface area (Å²) in [5, 5.41) is 6.46. The lowest BCUT2D eigenvalue weighted by molar-refractivity contribution is 0.0958. The zero-order chi connectivity index (χ0) is 19.9. The third-order valence-corrected chi connectivity index (χ3v) is 4.57. The number of nitrogens with zero attached hydrogens (tertiary/aromatic N) is 2.